The normalized spacial score (nSPS) is 15.3. The van der Waals surface area contributed by atoms with E-state index in [0.717, 1.165) is 18.2 Å². The summed E-state index contributed by atoms with van der Waals surface area (Å²) >= 11 is 0. The molecule has 0 atom stereocenters. The molecular weight excluding hydrogens is 181 g/mol. The molecule has 0 unspecified atom stereocenters. The second-order valence-electron chi connectivity index (χ2n) is 3.67. The predicted octanol–water partition coefficient (Wildman–Crippen LogP) is 2.66. The summed E-state index contributed by atoms with van der Waals surface area (Å²) < 4.78 is 17.9. The van der Waals surface area contributed by atoms with Gasteiger partial charge in [-0.25, -0.2) is 4.39 Å². The standard InChI is InChI=1S/C11H14FNO/c1-14-11-6-9(12)4-5-10(11)13-7-8-2-3-8/h4-6,8,13H,2-3,7H2,1H3. The zero-order valence-corrected chi connectivity index (χ0v) is 8.22. The lowest BCUT2D eigenvalue weighted by molar-refractivity contribution is 0.413. The minimum Gasteiger partial charge on any atom is -0.494 e. The minimum absolute atomic E-state index is 0.265. The summed E-state index contributed by atoms with van der Waals surface area (Å²) in [5.74, 6) is 1.11. The van der Waals surface area contributed by atoms with Gasteiger partial charge in [0, 0.05) is 12.6 Å². The Hall–Kier alpha value is -1.25. The zero-order valence-electron chi connectivity index (χ0n) is 8.22. The first-order valence-electron chi connectivity index (χ1n) is 4.87. The lowest BCUT2D eigenvalue weighted by atomic mass is 10.2. The van der Waals surface area contributed by atoms with E-state index in [1.165, 1.54) is 25.0 Å². The molecule has 0 spiro atoms. The Labute approximate surface area is 83.1 Å². The molecule has 1 aliphatic carbocycles. The van der Waals surface area contributed by atoms with Crippen LogP contribution in [0.1, 0.15) is 12.8 Å². The zero-order chi connectivity index (χ0) is 9.97. The summed E-state index contributed by atoms with van der Waals surface area (Å²) in [5.41, 5.74) is 0.876. The van der Waals surface area contributed by atoms with Crippen molar-refractivity contribution in [3.63, 3.8) is 0 Å². The van der Waals surface area contributed by atoms with Gasteiger partial charge in [0.1, 0.15) is 11.6 Å². The number of benzene rings is 1. The highest BCUT2D eigenvalue weighted by Crippen LogP contribution is 2.31. The van der Waals surface area contributed by atoms with E-state index in [1.54, 1.807) is 13.2 Å². The molecule has 1 aromatic rings. The SMILES string of the molecule is COc1cc(F)ccc1NCC1CC1. The number of nitrogens with one attached hydrogen (secondary N) is 1. The highest BCUT2D eigenvalue weighted by atomic mass is 19.1. The van der Waals surface area contributed by atoms with Crippen molar-refractivity contribution in [3.05, 3.63) is 24.0 Å². The molecule has 1 aromatic carbocycles. The van der Waals surface area contributed by atoms with Gasteiger partial charge in [0.15, 0.2) is 0 Å². The fourth-order valence-electron chi connectivity index (χ4n) is 1.39. The number of hydrogen-bond donors (Lipinski definition) is 1. The van der Waals surface area contributed by atoms with Crippen LogP contribution in [0.15, 0.2) is 18.2 Å². The van der Waals surface area contributed by atoms with Crippen molar-refractivity contribution < 1.29 is 9.13 Å². The Balaban J connectivity index is 2.05. The smallest absolute Gasteiger partial charge is 0.144 e. The third kappa shape index (κ3) is 2.16. The molecule has 1 saturated carbocycles. The molecule has 2 nitrogen and oxygen atoms in total. The van der Waals surface area contributed by atoms with E-state index < -0.39 is 0 Å². The van der Waals surface area contributed by atoms with Crippen molar-refractivity contribution in [2.45, 2.75) is 12.8 Å². The van der Waals surface area contributed by atoms with Crippen molar-refractivity contribution >= 4 is 5.69 Å². The van der Waals surface area contributed by atoms with Gasteiger partial charge in [0.05, 0.1) is 12.8 Å². The van der Waals surface area contributed by atoms with Crippen molar-refractivity contribution in [2.24, 2.45) is 5.92 Å². The Kier molecular flexibility index (Phi) is 2.57. The fourth-order valence-corrected chi connectivity index (χ4v) is 1.39. The molecule has 0 saturated heterocycles. The number of hydrogen-bond acceptors (Lipinski definition) is 2. The third-order valence-corrected chi connectivity index (χ3v) is 2.44. The molecule has 0 aromatic heterocycles. The average Bonchev–Trinajstić information content (AvgIpc) is 2.99. The second kappa shape index (κ2) is 3.86. The van der Waals surface area contributed by atoms with E-state index in [4.69, 9.17) is 4.74 Å². The number of methoxy groups -OCH3 is 1. The first kappa shape index (κ1) is 9.31. The van der Waals surface area contributed by atoms with E-state index in [0.29, 0.717) is 5.75 Å². The van der Waals surface area contributed by atoms with Crippen LogP contribution in [0.25, 0.3) is 0 Å². The van der Waals surface area contributed by atoms with Crippen LogP contribution >= 0.6 is 0 Å². The van der Waals surface area contributed by atoms with Gasteiger partial charge in [0.25, 0.3) is 0 Å². The maximum Gasteiger partial charge on any atom is 0.144 e. The molecule has 0 aliphatic heterocycles. The van der Waals surface area contributed by atoms with E-state index in [2.05, 4.69) is 5.32 Å². The van der Waals surface area contributed by atoms with Gasteiger partial charge < -0.3 is 10.1 Å². The predicted molar refractivity (Wildman–Crippen MR) is 54.2 cm³/mol. The quantitative estimate of drug-likeness (QED) is 0.797. The van der Waals surface area contributed by atoms with E-state index in [9.17, 15) is 4.39 Å². The van der Waals surface area contributed by atoms with Crippen LogP contribution in [-0.2, 0) is 0 Å². The molecule has 0 bridgehead atoms. The summed E-state index contributed by atoms with van der Waals surface area (Å²) in [7, 11) is 1.55. The molecule has 1 aliphatic rings. The van der Waals surface area contributed by atoms with Crippen molar-refractivity contribution in [3.8, 4) is 5.75 Å². The molecule has 1 fully saturated rings. The fraction of sp³-hybridized carbons (Fsp3) is 0.455. The lowest BCUT2D eigenvalue weighted by Gasteiger charge is -2.10. The van der Waals surface area contributed by atoms with Crippen molar-refractivity contribution in [1.29, 1.82) is 0 Å². The number of anilines is 1. The molecule has 1 N–H and O–H groups in total. The van der Waals surface area contributed by atoms with Gasteiger partial charge >= 0.3 is 0 Å². The van der Waals surface area contributed by atoms with Gasteiger partial charge in [-0.2, -0.15) is 0 Å². The molecule has 2 rings (SSSR count). The highest BCUT2D eigenvalue weighted by Gasteiger charge is 2.21. The van der Waals surface area contributed by atoms with Crippen LogP contribution < -0.4 is 10.1 Å². The number of ether oxygens (including phenoxy) is 1. The Bertz CT molecular complexity index is 323. The monoisotopic (exact) mass is 195 g/mol. The molecule has 14 heavy (non-hydrogen) atoms. The number of halogens is 1. The van der Waals surface area contributed by atoms with Crippen molar-refractivity contribution in [1.82, 2.24) is 0 Å². The summed E-state index contributed by atoms with van der Waals surface area (Å²) in [6.45, 7) is 0.960. The van der Waals surface area contributed by atoms with Crippen LogP contribution in [0.3, 0.4) is 0 Å². The van der Waals surface area contributed by atoms with Gasteiger partial charge in [-0.15, -0.1) is 0 Å². The Morgan fingerprint density at radius 3 is 2.93 bits per heavy atom. The summed E-state index contributed by atoms with van der Waals surface area (Å²) in [5, 5.41) is 3.26. The van der Waals surface area contributed by atoms with Crippen LogP contribution in [0.2, 0.25) is 0 Å². The minimum atomic E-state index is -0.265. The maximum absolute atomic E-state index is 12.8. The van der Waals surface area contributed by atoms with Gasteiger partial charge in [-0.1, -0.05) is 0 Å². The molecule has 0 amide bonds. The van der Waals surface area contributed by atoms with Gasteiger partial charge in [0.2, 0.25) is 0 Å². The summed E-state index contributed by atoms with van der Waals surface area (Å²) in [6, 6.07) is 4.56. The Morgan fingerprint density at radius 2 is 2.29 bits per heavy atom. The first-order valence-corrected chi connectivity index (χ1v) is 4.87. The highest BCUT2D eigenvalue weighted by molar-refractivity contribution is 5.56. The van der Waals surface area contributed by atoms with Crippen molar-refractivity contribution in [2.75, 3.05) is 19.0 Å². The second-order valence-corrected chi connectivity index (χ2v) is 3.67. The third-order valence-electron chi connectivity index (χ3n) is 2.44. The maximum atomic E-state index is 12.8. The van der Waals surface area contributed by atoms with Crippen LogP contribution in [-0.4, -0.2) is 13.7 Å². The topological polar surface area (TPSA) is 21.3 Å². The van der Waals surface area contributed by atoms with E-state index in [-0.39, 0.29) is 5.82 Å². The molecule has 0 heterocycles. The first-order chi connectivity index (χ1) is 6.79. The summed E-state index contributed by atoms with van der Waals surface area (Å²) in [4.78, 5) is 0. The van der Waals surface area contributed by atoms with Crippen LogP contribution in [0.4, 0.5) is 10.1 Å². The molecular formula is C11H14FNO. The largest absolute Gasteiger partial charge is 0.494 e. The van der Waals surface area contributed by atoms with Gasteiger partial charge in [-0.05, 0) is 30.9 Å². The van der Waals surface area contributed by atoms with Gasteiger partial charge in [-0.3, -0.25) is 0 Å². The van der Waals surface area contributed by atoms with E-state index in [1.807, 2.05) is 0 Å². The van der Waals surface area contributed by atoms with E-state index >= 15 is 0 Å². The average molecular weight is 195 g/mol. The van der Waals surface area contributed by atoms with Crippen LogP contribution in [0, 0.1) is 11.7 Å². The van der Waals surface area contributed by atoms with Crippen LogP contribution in [0.5, 0.6) is 5.75 Å². The summed E-state index contributed by atoms with van der Waals surface area (Å²) in [6.07, 6.45) is 2.60. The number of rotatable bonds is 4. The molecule has 0 radical (unpaired) electrons. The lowest BCUT2D eigenvalue weighted by Crippen LogP contribution is -2.04. The molecule has 3 heteroatoms. The molecule has 76 valence electrons. The Morgan fingerprint density at radius 1 is 1.50 bits per heavy atom.